The second-order valence-electron chi connectivity index (χ2n) is 14.6. The molecular formula is C35H49BNO9. The summed E-state index contributed by atoms with van der Waals surface area (Å²) in [5.41, 5.74) is -1.69. The number of ether oxygens (including phenoxy) is 5. The molecule has 10 nitrogen and oxygen atoms in total. The van der Waals surface area contributed by atoms with E-state index in [2.05, 4.69) is 12.2 Å². The first-order valence-corrected chi connectivity index (χ1v) is 16.1. The number of ketones is 1. The molecule has 3 fully saturated rings. The van der Waals surface area contributed by atoms with Crippen LogP contribution in [0, 0.1) is 28.1 Å². The fraction of sp³-hybridized carbons (Fsp3) is 0.686. The van der Waals surface area contributed by atoms with Crippen LogP contribution in [0.2, 0.25) is 0 Å². The number of rotatable bonds is 10. The number of aliphatic hydroxyl groups is 1. The van der Waals surface area contributed by atoms with Gasteiger partial charge in [-0.1, -0.05) is 58.0 Å². The average Bonchev–Trinajstić information content (AvgIpc) is 3.02. The molecule has 251 valence electrons. The van der Waals surface area contributed by atoms with Crippen molar-refractivity contribution in [3.63, 3.8) is 0 Å². The highest BCUT2D eigenvalue weighted by Gasteiger charge is 2.73. The van der Waals surface area contributed by atoms with Crippen LogP contribution < -0.4 is 5.23 Å². The quantitative estimate of drug-likeness (QED) is 0.171. The van der Waals surface area contributed by atoms with Crippen LogP contribution in [0.1, 0.15) is 66.0 Å². The summed E-state index contributed by atoms with van der Waals surface area (Å²) in [7, 11) is 5.77. The molecule has 2 bridgehead atoms. The van der Waals surface area contributed by atoms with Crippen LogP contribution in [0.25, 0.3) is 0 Å². The fourth-order valence-corrected chi connectivity index (χ4v) is 9.82. The Bertz CT molecular complexity index is 1370. The van der Waals surface area contributed by atoms with Crippen LogP contribution in [0.3, 0.4) is 0 Å². The molecule has 0 amide bonds. The molecule has 2 N–H and O–H groups in total. The van der Waals surface area contributed by atoms with Gasteiger partial charge in [-0.05, 0) is 42.4 Å². The molecule has 4 aliphatic rings. The smallest absolute Gasteiger partial charge is 0.337 e. The van der Waals surface area contributed by atoms with Crippen LogP contribution in [-0.2, 0) is 38.1 Å². The zero-order chi connectivity index (χ0) is 33.8. The number of hydrogen-bond acceptors (Lipinski definition) is 10. The number of carbonyl (C=O) groups is 3. The largest absolute Gasteiger partial charge is 0.456 e. The van der Waals surface area contributed by atoms with Crippen molar-refractivity contribution in [2.75, 3.05) is 27.9 Å². The third-order valence-corrected chi connectivity index (χ3v) is 12.3. The highest BCUT2D eigenvalue weighted by molar-refractivity contribution is 6.64. The highest BCUT2D eigenvalue weighted by Crippen LogP contribution is 2.67. The third-order valence-electron chi connectivity index (χ3n) is 12.3. The Labute approximate surface area is 273 Å². The van der Waals surface area contributed by atoms with Gasteiger partial charge in [0.05, 0.1) is 42.1 Å². The number of nitrogens with one attached hydrogen (secondary N) is 1. The lowest BCUT2D eigenvalue weighted by molar-refractivity contribution is -0.305. The summed E-state index contributed by atoms with van der Waals surface area (Å²) in [6, 6.07) is 8.46. The van der Waals surface area contributed by atoms with E-state index < -0.39 is 58.8 Å². The topological polar surface area (TPSA) is 130 Å². The van der Waals surface area contributed by atoms with Gasteiger partial charge >= 0.3 is 5.97 Å². The Morgan fingerprint density at radius 1 is 1.13 bits per heavy atom. The molecule has 1 aromatic rings. The Balaban J connectivity index is 1.61. The van der Waals surface area contributed by atoms with E-state index in [4.69, 9.17) is 23.7 Å². The van der Waals surface area contributed by atoms with Crippen LogP contribution in [0.5, 0.6) is 0 Å². The molecule has 46 heavy (non-hydrogen) atoms. The highest BCUT2D eigenvalue weighted by atomic mass is 16.6. The number of benzene rings is 1. The van der Waals surface area contributed by atoms with E-state index in [1.807, 2.05) is 65.0 Å². The molecule has 2 saturated carbocycles. The lowest BCUT2D eigenvalue weighted by atomic mass is 9.40. The lowest BCUT2D eigenvalue weighted by Gasteiger charge is -2.69. The number of Topliss-reactive ketones (excluding diaryl/α,β-unsaturated/α-hetero) is 1. The van der Waals surface area contributed by atoms with Crippen molar-refractivity contribution in [1.29, 1.82) is 0 Å². The van der Waals surface area contributed by atoms with Crippen molar-refractivity contribution < 1.29 is 43.2 Å². The summed E-state index contributed by atoms with van der Waals surface area (Å²) in [4.78, 5) is 40.2. The van der Waals surface area contributed by atoms with E-state index in [1.165, 1.54) is 21.6 Å². The summed E-state index contributed by atoms with van der Waals surface area (Å²) >= 11 is 0. The molecule has 1 aliphatic heterocycles. The number of hydrogen-bond donors (Lipinski definition) is 2. The maximum Gasteiger partial charge on any atom is 0.337 e. The van der Waals surface area contributed by atoms with Crippen molar-refractivity contribution in [2.24, 2.45) is 28.1 Å². The summed E-state index contributed by atoms with van der Waals surface area (Å²) in [5.74, 6) is -1.51. The monoisotopic (exact) mass is 638 g/mol. The zero-order valence-electron chi connectivity index (χ0n) is 28.5. The molecule has 1 radical (unpaired) electrons. The van der Waals surface area contributed by atoms with Gasteiger partial charge in [-0.15, -0.1) is 0 Å². The Hall–Kier alpha value is -2.41. The van der Waals surface area contributed by atoms with Crippen molar-refractivity contribution in [2.45, 2.75) is 96.5 Å². The lowest BCUT2D eigenvalue weighted by Crippen LogP contribution is -2.75. The normalized spacial score (nSPS) is 39.5. The summed E-state index contributed by atoms with van der Waals surface area (Å²) < 4.78 is 30.1. The van der Waals surface area contributed by atoms with E-state index in [1.54, 1.807) is 7.11 Å². The minimum atomic E-state index is -1.42. The molecule has 11 heteroatoms. The number of methoxy groups -OCH3 is 3. The molecule has 1 saturated heterocycles. The standard InChI is InChI=1S/C35H49BNO9/c1-19-22(46-31(40)28(44-9)26(37-36-18-38)21-13-11-10-12-14-21)16-35(41)20(2)29-33(5)17-45-23(33)15-24(42-7)34(29,6)30(39)27(43-8)25(19)32(35,3)4/h10-14,18,20,22-24,26-29,37,41H,15-17H2,1-9H3/t20-,22-,23+,24-,26-,27+,28+,29+,33+,34+,35+/m0/s1. The number of fused-ring (bicyclic) bond motifs is 5. The minimum Gasteiger partial charge on any atom is -0.456 e. The van der Waals surface area contributed by atoms with Crippen molar-refractivity contribution in [3.8, 4) is 0 Å². The maximum atomic E-state index is 15.0. The molecule has 0 unspecified atom stereocenters. The second-order valence-corrected chi connectivity index (χ2v) is 14.6. The molecule has 1 heterocycles. The van der Waals surface area contributed by atoms with Gasteiger partial charge in [0, 0.05) is 45.0 Å². The fourth-order valence-electron chi connectivity index (χ4n) is 9.82. The Kier molecular flexibility index (Phi) is 9.53. The molecule has 0 spiro atoms. The van der Waals surface area contributed by atoms with E-state index in [0.717, 1.165) is 5.56 Å². The van der Waals surface area contributed by atoms with Gasteiger partial charge in [0.1, 0.15) is 12.2 Å². The Morgan fingerprint density at radius 2 is 1.80 bits per heavy atom. The zero-order valence-corrected chi connectivity index (χ0v) is 28.5. The summed E-state index contributed by atoms with van der Waals surface area (Å²) in [5, 5.41) is 16.1. The molecule has 0 aromatic heterocycles. The van der Waals surface area contributed by atoms with Crippen molar-refractivity contribution in [1.82, 2.24) is 5.23 Å². The van der Waals surface area contributed by atoms with Gasteiger partial charge in [0.15, 0.2) is 11.9 Å². The average molecular weight is 639 g/mol. The van der Waals surface area contributed by atoms with Gasteiger partial charge in [-0.25, -0.2) is 4.79 Å². The predicted octanol–water partition coefficient (Wildman–Crippen LogP) is 3.21. The molecule has 11 atom stereocenters. The third kappa shape index (κ3) is 4.96. The predicted molar refractivity (Wildman–Crippen MR) is 171 cm³/mol. The SMILES string of the molecule is CO[C@H]1C(=O)[C@]2(C)[C@@H](OC)C[C@H]3OC[C@@]3(C)[C@H]2[C@H](C)[C@]2(O)C[C@H](OC(=O)[C@H](OC)[C@@H](N[B]C=O)c3ccccc3)C(C)=C1C2(C)C. The number of esters is 1. The van der Waals surface area contributed by atoms with Crippen molar-refractivity contribution >= 4 is 25.4 Å². The van der Waals surface area contributed by atoms with Crippen LogP contribution in [-0.4, -0.2) is 94.5 Å². The van der Waals surface area contributed by atoms with E-state index in [0.29, 0.717) is 30.4 Å². The van der Waals surface area contributed by atoms with Gasteiger partial charge in [0.25, 0.3) is 7.41 Å². The Morgan fingerprint density at radius 3 is 2.35 bits per heavy atom. The van der Waals surface area contributed by atoms with Crippen LogP contribution in [0.4, 0.5) is 0 Å². The first kappa shape index (κ1) is 34.9. The van der Waals surface area contributed by atoms with E-state index in [-0.39, 0.29) is 29.6 Å². The molecule has 5 rings (SSSR count). The molecular weight excluding hydrogens is 589 g/mol. The van der Waals surface area contributed by atoms with Crippen molar-refractivity contribution in [3.05, 3.63) is 47.0 Å². The molecule has 3 aliphatic carbocycles. The first-order chi connectivity index (χ1) is 21.7. The molecule has 1 aromatic carbocycles. The van der Waals surface area contributed by atoms with E-state index >= 15 is 0 Å². The van der Waals surface area contributed by atoms with Gasteiger partial charge in [-0.2, -0.15) is 0 Å². The van der Waals surface area contributed by atoms with Gasteiger partial charge < -0.3 is 38.8 Å². The minimum absolute atomic E-state index is 0.103. The maximum absolute atomic E-state index is 15.0. The second kappa shape index (κ2) is 12.6. The first-order valence-electron chi connectivity index (χ1n) is 16.1. The summed E-state index contributed by atoms with van der Waals surface area (Å²) in [6.45, 7) is 12.4. The summed E-state index contributed by atoms with van der Waals surface area (Å²) in [6.07, 6.45) is -2.25. The number of carbonyl (C=O) groups excluding carboxylic acids is 3. The van der Waals surface area contributed by atoms with Gasteiger partial charge in [-0.3, -0.25) is 4.79 Å². The van der Waals surface area contributed by atoms with Gasteiger partial charge in [0.2, 0.25) is 0 Å². The van der Waals surface area contributed by atoms with Crippen LogP contribution >= 0.6 is 0 Å². The van der Waals surface area contributed by atoms with E-state index in [9.17, 15) is 19.5 Å². The van der Waals surface area contributed by atoms with Crippen LogP contribution in [0.15, 0.2) is 41.5 Å².